The average molecular weight is 479 g/mol. The topological polar surface area (TPSA) is 30.5 Å². The van der Waals surface area contributed by atoms with E-state index >= 15 is 0 Å². The molecule has 1 N–H and O–H groups in total. The number of halogens is 3. The number of anilines is 1. The zero-order chi connectivity index (χ0) is 20.8. The number of aryl methyl sites for hydroxylation is 1. The van der Waals surface area contributed by atoms with Crippen LogP contribution in [0, 0.1) is 12.7 Å². The molecule has 3 aromatic carbocycles. The highest BCUT2D eigenvalue weighted by Gasteiger charge is 2.14. The third-order valence-corrected chi connectivity index (χ3v) is 5.47. The van der Waals surface area contributed by atoms with Crippen molar-refractivity contribution in [2.45, 2.75) is 27.0 Å². The molecule has 0 saturated heterocycles. The van der Waals surface area contributed by atoms with Crippen LogP contribution < -0.4 is 14.8 Å². The molecule has 0 bridgehead atoms. The van der Waals surface area contributed by atoms with Gasteiger partial charge >= 0.3 is 0 Å². The molecule has 152 valence electrons. The molecule has 6 heteroatoms. The molecule has 3 aromatic rings. The summed E-state index contributed by atoms with van der Waals surface area (Å²) in [5.41, 5.74) is 3.59. The molecule has 0 aliphatic carbocycles. The monoisotopic (exact) mass is 477 g/mol. The fourth-order valence-electron chi connectivity index (χ4n) is 2.78. The van der Waals surface area contributed by atoms with Crippen molar-refractivity contribution in [3.63, 3.8) is 0 Å². The molecule has 0 saturated carbocycles. The summed E-state index contributed by atoms with van der Waals surface area (Å²) in [6.07, 6.45) is 0. The Labute approximate surface area is 183 Å². The Bertz CT molecular complexity index is 959. The van der Waals surface area contributed by atoms with Gasteiger partial charge in [-0.3, -0.25) is 0 Å². The average Bonchev–Trinajstić information content (AvgIpc) is 2.69. The van der Waals surface area contributed by atoms with Crippen molar-refractivity contribution in [1.82, 2.24) is 0 Å². The summed E-state index contributed by atoms with van der Waals surface area (Å²) in [6, 6.07) is 16.6. The lowest BCUT2D eigenvalue weighted by Gasteiger charge is -2.16. The smallest absolute Gasteiger partial charge is 0.162 e. The van der Waals surface area contributed by atoms with E-state index in [1.807, 2.05) is 31.2 Å². The van der Waals surface area contributed by atoms with Gasteiger partial charge in [-0.25, -0.2) is 4.39 Å². The van der Waals surface area contributed by atoms with Crippen LogP contribution in [-0.2, 0) is 13.2 Å². The minimum Gasteiger partial charge on any atom is -0.490 e. The van der Waals surface area contributed by atoms with Crippen LogP contribution in [0.25, 0.3) is 0 Å². The number of nitrogens with one attached hydrogen (secondary N) is 1. The largest absolute Gasteiger partial charge is 0.490 e. The zero-order valence-corrected chi connectivity index (χ0v) is 18.6. The normalized spacial score (nSPS) is 10.7. The number of benzene rings is 3. The lowest BCUT2D eigenvalue weighted by Crippen LogP contribution is -2.05. The molecule has 0 unspecified atom stereocenters. The Balaban J connectivity index is 1.77. The van der Waals surface area contributed by atoms with Gasteiger partial charge in [-0.05, 0) is 55.8 Å². The first-order valence-corrected chi connectivity index (χ1v) is 10.5. The highest BCUT2D eigenvalue weighted by molar-refractivity contribution is 9.10. The van der Waals surface area contributed by atoms with Crippen LogP contribution in [0.2, 0.25) is 5.02 Å². The van der Waals surface area contributed by atoms with Crippen molar-refractivity contribution in [3.8, 4) is 11.5 Å². The van der Waals surface area contributed by atoms with E-state index < -0.39 is 5.82 Å². The van der Waals surface area contributed by atoms with Gasteiger partial charge in [0.05, 0.1) is 11.6 Å². The molecule has 3 rings (SSSR count). The summed E-state index contributed by atoms with van der Waals surface area (Å²) in [5.74, 6) is 0.731. The first-order valence-electron chi connectivity index (χ1n) is 9.29. The van der Waals surface area contributed by atoms with Gasteiger partial charge in [-0.15, -0.1) is 0 Å². The van der Waals surface area contributed by atoms with Gasteiger partial charge in [-0.2, -0.15) is 0 Å². The third-order valence-electron chi connectivity index (χ3n) is 4.38. The van der Waals surface area contributed by atoms with E-state index in [4.69, 9.17) is 21.1 Å². The molecular formula is C23H22BrClFNO2. The van der Waals surface area contributed by atoms with Gasteiger partial charge in [0.25, 0.3) is 0 Å². The van der Waals surface area contributed by atoms with E-state index in [0.717, 1.165) is 15.7 Å². The predicted octanol–water partition coefficient (Wildman–Crippen LogP) is 7.14. The van der Waals surface area contributed by atoms with Crippen LogP contribution in [0.15, 0.2) is 59.1 Å². The Morgan fingerprint density at radius 3 is 2.45 bits per heavy atom. The van der Waals surface area contributed by atoms with E-state index in [9.17, 15) is 4.39 Å². The van der Waals surface area contributed by atoms with Crippen LogP contribution in [0.3, 0.4) is 0 Å². The fraction of sp³-hybridized carbons (Fsp3) is 0.217. The fourth-order valence-corrected chi connectivity index (χ4v) is 3.46. The van der Waals surface area contributed by atoms with E-state index in [1.165, 1.54) is 11.6 Å². The van der Waals surface area contributed by atoms with Crippen LogP contribution in [-0.4, -0.2) is 6.61 Å². The van der Waals surface area contributed by atoms with Crippen molar-refractivity contribution in [2.24, 2.45) is 0 Å². The quantitative estimate of drug-likeness (QED) is 0.373. The molecule has 29 heavy (non-hydrogen) atoms. The molecule has 0 aromatic heterocycles. The number of rotatable bonds is 8. The van der Waals surface area contributed by atoms with Gasteiger partial charge < -0.3 is 14.8 Å². The molecular weight excluding hydrogens is 457 g/mol. The zero-order valence-electron chi connectivity index (χ0n) is 16.3. The number of ether oxygens (including phenoxy) is 2. The van der Waals surface area contributed by atoms with E-state index in [1.54, 1.807) is 12.1 Å². The van der Waals surface area contributed by atoms with Gasteiger partial charge in [0.15, 0.2) is 11.5 Å². The van der Waals surface area contributed by atoms with Crippen LogP contribution in [0.4, 0.5) is 10.1 Å². The molecule has 0 aliphatic heterocycles. The summed E-state index contributed by atoms with van der Waals surface area (Å²) in [5, 5.41) is 3.73. The summed E-state index contributed by atoms with van der Waals surface area (Å²) < 4.78 is 26.5. The van der Waals surface area contributed by atoms with E-state index in [-0.39, 0.29) is 6.61 Å². The van der Waals surface area contributed by atoms with Gasteiger partial charge in [0.2, 0.25) is 0 Å². The second-order valence-corrected chi connectivity index (χ2v) is 7.79. The van der Waals surface area contributed by atoms with Gasteiger partial charge in [0.1, 0.15) is 12.4 Å². The Morgan fingerprint density at radius 1 is 1.03 bits per heavy atom. The first kappa shape index (κ1) is 21.5. The number of hydrogen-bond donors (Lipinski definition) is 1. The summed E-state index contributed by atoms with van der Waals surface area (Å²) in [7, 11) is 0. The second kappa shape index (κ2) is 9.99. The van der Waals surface area contributed by atoms with E-state index in [2.05, 4.69) is 40.3 Å². The standard InChI is InChI=1S/C23H22BrClFNO2/c1-3-28-22-11-16(13-27-17-9-7-15(2)8-10-17)19(24)12-23(22)29-14-18-20(25)5-4-6-21(18)26/h4-12,27H,3,13-14H2,1-2H3. The molecule has 0 heterocycles. The molecule has 0 aliphatic rings. The number of hydrogen-bond acceptors (Lipinski definition) is 3. The predicted molar refractivity (Wildman–Crippen MR) is 120 cm³/mol. The maximum atomic E-state index is 14.0. The van der Waals surface area contributed by atoms with Crippen molar-refractivity contribution in [2.75, 3.05) is 11.9 Å². The Hall–Kier alpha value is -2.24. The summed E-state index contributed by atoms with van der Waals surface area (Å²) in [4.78, 5) is 0. The minimum absolute atomic E-state index is 0.0129. The maximum absolute atomic E-state index is 14.0. The van der Waals surface area contributed by atoms with Crippen LogP contribution >= 0.6 is 27.5 Å². The highest BCUT2D eigenvalue weighted by Crippen LogP contribution is 2.35. The SMILES string of the molecule is CCOc1cc(CNc2ccc(C)cc2)c(Br)cc1OCc1c(F)cccc1Cl. The van der Waals surface area contributed by atoms with Gasteiger partial charge in [0, 0.05) is 22.3 Å². The Morgan fingerprint density at radius 2 is 1.76 bits per heavy atom. The Kier molecular flexibility index (Phi) is 7.40. The van der Waals surface area contributed by atoms with Gasteiger partial charge in [-0.1, -0.05) is 51.3 Å². The molecule has 3 nitrogen and oxygen atoms in total. The van der Waals surface area contributed by atoms with Crippen molar-refractivity contribution in [3.05, 3.63) is 86.6 Å². The molecule has 0 fully saturated rings. The van der Waals surface area contributed by atoms with Crippen molar-refractivity contribution >= 4 is 33.2 Å². The minimum atomic E-state index is -0.395. The molecule has 0 atom stereocenters. The lowest BCUT2D eigenvalue weighted by molar-refractivity contribution is 0.265. The maximum Gasteiger partial charge on any atom is 0.162 e. The van der Waals surface area contributed by atoms with Crippen LogP contribution in [0.1, 0.15) is 23.6 Å². The molecule has 0 spiro atoms. The molecule has 0 radical (unpaired) electrons. The summed E-state index contributed by atoms with van der Waals surface area (Å²) in [6.45, 7) is 5.08. The van der Waals surface area contributed by atoms with Crippen LogP contribution in [0.5, 0.6) is 11.5 Å². The first-order chi connectivity index (χ1) is 14.0. The third kappa shape index (κ3) is 5.64. The second-order valence-electron chi connectivity index (χ2n) is 6.53. The van der Waals surface area contributed by atoms with Crippen molar-refractivity contribution < 1.29 is 13.9 Å². The highest BCUT2D eigenvalue weighted by atomic mass is 79.9. The molecule has 0 amide bonds. The van der Waals surface area contributed by atoms with E-state index in [0.29, 0.717) is 35.2 Å². The van der Waals surface area contributed by atoms with Crippen molar-refractivity contribution in [1.29, 1.82) is 0 Å². The summed E-state index contributed by atoms with van der Waals surface area (Å²) >= 11 is 9.69. The lowest BCUT2D eigenvalue weighted by atomic mass is 10.1.